The number of phenolic OH excluding ortho intramolecular Hbond substituents is 1. The van der Waals surface area contributed by atoms with Crippen molar-refractivity contribution in [2.45, 2.75) is 0 Å². The number of ether oxygens (including phenoxy) is 2. The van der Waals surface area contributed by atoms with E-state index >= 15 is 0 Å². The number of hydrogen-bond donors (Lipinski definition) is 1. The third kappa shape index (κ3) is 2.27. The monoisotopic (exact) mass is 179 g/mol. The van der Waals surface area contributed by atoms with E-state index in [2.05, 4.69) is 0 Å². The first-order valence-electron chi connectivity index (χ1n) is 3.64. The minimum Gasteiger partial charge on any atom is -0.508 e. The van der Waals surface area contributed by atoms with Crippen LogP contribution in [0.2, 0.25) is 0 Å². The minimum absolute atomic E-state index is 0.0696. The van der Waals surface area contributed by atoms with Gasteiger partial charge in [-0.3, -0.25) is 0 Å². The molecule has 0 unspecified atom stereocenters. The van der Waals surface area contributed by atoms with Crippen LogP contribution in [-0.2, 0) is 0 Å². The number of phenols is 1. The fourth-order valence-electron chi connectivity index (χ4n) is 0.888. The molecular weight excluding hydrogens is 170 g/mol. The molecule has 0 aliphatic carbocycles. The van der Waals surface area contributed by atoms with Crippen LogP contribution in [0, 0.1) is 11.3 Å². The molecule has 0 atom stereocenters. The largest absolute Gasteiger partial charge is 0.508 e. The highest BCUT2D eigenvalue weighted by molar-refractivity contribution is 5.45. The van der Waals surface area contributed by atoms with Crippen LogP contribution in [0.4, 0.5) is 0 Å². The molecule has 1 N–H and O–H groups in total. The summed E-state index contributed by atoms with van der Waals surface area (Å²) in [7, 11) is 1.49. The van der Waals surface area contributed by atoms with Gasteiger partial charge in [0.15, 0.2) is 18.1 Å². The second-order valence-corrected chi connectivity index (χ2v) is 2.28. The van der Waals surface area contributed by atoms with Crippen LogP contribution in [0.5, 0.6) is 17.2 Å². The van der Waals surface area contributed by atoms with Crippen LogP contribution in [0.25, 0.3) is 0 Å². The van der Waals surface area contributed by atoms with Crippen LogP contribution < -0.4 is 9.47 Å². The molecular formula is C9H9NO3. The summed E-state index contributed by atoms with van der Waals surface area (Å²) in [5.74, 6) is 0.936. The first-order valence-corrected chi connectivity index (χ1v) is 3.64. The summed E-state index contributed by atoms with van der Waals surface area (Å²) in [5.41, 5.74) is 0. The lowest BCUT2D eigenvalue weighted by molar-refractivity contribution is 0.327. The summed E-state index contributed by atoms with van der Waals surface area (Å²) < 4.78 is 9.96. The predicted molar refractivity (Wildman–Crippen MR) is 45.8 cm³/mol. The zero-order chi connectivity index (χ0) is 9.68. The van der Waals surface area contributed by atoms with Crippen molar-refractivity contribution in [2.75, 3.05) is 13.7 Å². The highest BCUT2D eigenvalue weighted by atomic mass is 16.5. The summed E-state index contributed by atoms with van der Waals surface area (Å²) in [6.07, 6.45) is 0. The van der Waals surface area contributed by atoms with Gasteiger partial charge >= 0.3 is 0 Å². The Bertz CT molecular complexity index is 330. The standard InChI is InChI=1S/C9H9NO3/c1-12-8-3-2-7(11)6-9(8)13-5-4-10/h2-3,6,11H,5H2,1H3. The van der Waals surface area contributed by atoms with Gasteiger partial charge in [0.1, 0.15) is 11.8 Å². The first-order chi connectivity index (χ1) is 6.27. The average molecular weight is 179 g/mol. The van der Waals surface area contributed by atoms with E-state index in [0.29, 0.717) is 11.5 Å². The van der Waals surface area contributed by atoms with Crippen LogP contribution >= 0.6 is 0 Å². The van der Waals surface area contributed by atoms with Gasteiger partial charge in [-0.05, 0) is 12.1 Å². The molecule has 0 heterocycles. The number of rotatable bonds is 3. The summed E-state index contributed by atoms with van der Waals surface area (Å²) >= 11 is 0. The molecule has 0 fully saturated rings. The van der Waals surface area contributed by atoms with Crippen molar-refractivity contribution in [3.8, 4) is 23.3 Å². The Labute approximate surface area is 75.9 Å². The Hall–Kier alpha value is -1.89. The molecule has 1 aromatic rings. The summed E-state index contributed by atoms with van der Waals surface area (Å²) in [6.45, 7) is -0.0696. The Kier molecular flexibility index (Phi) is 2.98. The van der Waals surface area contributed by atoms with Gasteiger partial charge in [0.05, 0.1) is 7.11 Å². The molecule has 0 bridgehead atoms. The molecule has 0 aromatic heterocycles. The van der Waals surface area contributed by atoms with Crippen molar-refractivity contribution >= 4 is 0 Å². The maximum absolute atomic E-state index is 9.11. The summed E-state index contributed by atoms with van der Waals surface area (Å²) in [4.78, 5) is 0. The maximum atomic E-state index is 9.11. The molecule has 0 amide bonds. The molecule has 4 nitrogen and oxygen atoms in total. The van der Waals surface area contributed by atoms with E-state index in [0.717, 1.165) is 0 Å². The number of hydrogen-bond acceptors (Lipinski definition) is 4. The summed E-state index contributed by atoms with van der Waals surface area (Å²) in [6, 6.07) is 6.28. The van der Waals surface area contributed by atoms with Crippen molar-refractivity contribution in [2.24, 2.45) is 0 Å². The zero-order valence-electron chi connectivity index (χ0n) is 7.15. The second-order valence-electron chi connectivity index (χ2n) is 2.28. The van der Waals surface area contributed by atoms with E-state index < -0.39 is 0 Å². The number of methoxy groups -OCH3 is 1. The van der Waals surface area contributed by atoms with Gasteiger partial charge in [0.25, 0.3) is 0 Å². The molecule has 0 radical (unpaired) electrons. The normalized spacial score (nSPS) is 8.92. The van der Waals surface area contributed by atoms with Crippen LogP contribution in [0.15, 0.2) is 18.2 Å². The Morgan fingerprint density at radius 2 is 2.23 bits per heavy atom. The quantitative estimate of drug-likeness (QED) is 0.759. The SMILES string of the molecule is COc1ccc(O)cc1OCC#N. The van der Waals surface area contributed by atoms with Gasteiger partial charge in [0.2, 0.25) is 0 Å². The van der Waals surface area contributed by atoms with Gasteiger partial charge < -0.3 is 14.6 Å². The third-order valence-corrected chi connectivity index (χ3v) is 1.44. The van der Waals surface area contributed by atoms with Crippen molar-refractivity contribution in [1.29, 1.82) is 5.26 Å². The smallest absolute Gasteiger partial charge is 0.174 e. The Balaban J connectivity index is 2.89. The molecule has 4 heteroatoms. The van der Waals surface area contributed by atoms with Crippen molar-refractivity contribution in [3.05, 3.63) is 18.2 Å². The lowest BCUT2D eigenvalue weighted by Crippen LogP contribution is -1.96. The van der Waals surface area contributed by atoms with Gasteiger partial charge in [-0.2, -0.15) is 5.26 Å². The molecule has 0 aliphatic heterocycles. The predicted octanol–water partition coefficient (Wildman–Crippen LogP) is 1.30. The number of aromatic hydroxyl groups is 1. The summed E-state index contributed by atoms with van der Waals surface area (Å²) in [5, 5.41) is 17.4. The molecule has 1 aromatic carbocycles. The number of benzene rings is 1. The van der Waals surface area contributed by atoms with E-state index in [9.17, 15) is 0 Å². The molecule has 1 rings (SSSR count). The fraction of sp³-hybridized carbons (Fsp3) is 0.222. The van der Waals surface area contributed by atoms with Crippen LogP contribution in [0.1, 0.15) is 0 Å². The topological polar surface area (TPSA) is 62.5 Å². The molecule has 13 heavy (non-hydrogen) atoms. The molecule has 0 saturated carbocycles. The van der Waals surface area contributed by atoms with E-state index in [1.165, 1.54) is 19.2 Å². The van der Waals surface area contributed by atoms with Crippen molar-refractivity contribution in [3.63, 3.8) is 0 Å². The van der Waals surface area contributed by atoms with Gasteiger partial charge in [-0.25, -0.2) is 0 Å². The zero-order valence-corrected chi connectivity index (χ0v) is 7.15. The van der Waals surface area contributed by atoms with Crippen LogP contribution in [0.3, 0.4) is 0 Å². The minimum atomic E-state index is -0.0696. The first kappa shape index (κ1) is 9.20. The van der Waals surface area contributed by atoms with E-state index in [1.54, 1.807) is 6.07 Å². The molecule has 0 spiro atoms. The van der Waals surface area contributed by atoms with Crippen molar-refractivity contribution < 1.29 is 14.6 Å². The number of nitriles is 1. The fourth-order valence-corrected chi connectivity index (χ4v) is 0.888. The second kappa shape index (κ2) is 4.21. The highest BCUT2D eigenvalue weighted by Crippen LogP contribution is 2.30. The Morgan fingerprint density at radius 3 is 2.85 bits per heavy atom. The van der Waals surface area contributed by atoms with Gasteiger partial charge in [-0.1, -0.05) is 0 Å². The van der Waals surface area contributed by atoms with E-state index in [1.807, 2.05) is 6.07 Å². The van der Waals surface area contributed by atoms with Crippen molar-refractivity contribution in [1.82, 2.24) is 0 Å². The van der Waals surface area contributed by atoms with Gasteiger partial charge in [-0.15, -0.1) is 0 Å². The highest BCUT2D eigenvalue weighted by Gasteiger charge is 2.04. The lowest BCUT2D eigenvalue weighted by atomic mass is 10.3. The molecule has 68 valence electrons. The molecule has 0 saturated heterocycles. The van der Waals surface area contributed by atoms with E-state index in [-0.39, 0.29) is 12.4 Å². The van der Waals surface area contributed by atoms with Gasteiger partial charge in [0, 0.05) is 6.07 Å². The lowest BCUT2D eigenvalue weighted by Gasteiger charge is -2.07. The Morgan fingerprint density at radius 1 is 1.46 bits per heavy atom. The number of nitrogens with zero attached hydrogens (tertiary/aromatic N) is 1. The third-order valence-electron chi connectivity index (χ3n) is 1.44. The molecule has 0 aliphatic rings. The van der Waals surface area contributed by atoms with E-state index in [4.69, 9.17) is 19.8 Å². The average Bonchev–Trinajstić information content (AvgIpc) is 2.15. The maximum Gasteiger partial charge on any atom is 0.174 e. The van der Waals surface area contributed by atoms with Crippen LogP contribution in [-0.4, -0.2) is 18.8 Å².